The summed E-state index contributed by atoms with van der Waals surface area (Å²) in [6.45, 7) is 3.44. The molecule has 0 aliphatic carbocycles. The third-order valence-corrected chi connectivity index (χ3v) is 5.22. The van der Waals surface area contributed by atoms with E-state index in [4.69, 9.17) is 0 Å². The molecule has 146 valence electrons. The molecule has 1 saturated heterocycles. The lowest BCUT2D eigenvalue weighted by molar-refractivity contribution is -0.111. The first kappa shape index (κ1) is 18.9. The van der Waals surface area contributed by atoms with Crippen LogP contribution in [0.2, 0.25) is 0 Å². The molecule has 3 aromatic rings. The number of carbonyl (C=O) groups is 2. The van der Waals surface area contributed by atoms with Gasteiger partial charge in [-0.05, 0) is 43.5 Å². The van der Waals surface area contributed by atoms with Crippen LogP contribution in [-0.4, -0.2) is 34.8 Å². The number of benzene rings is 2. The van der Waals surface area contributed by atoms with Crippen molar-refractivity contribution in [2.75, 3.05) is 18.4 Å². The second kappa shape index (κ2) is 8.27. The van der Waals surface area contributed by atoms with E-state index in [9.17, 15) is 9.59 Å². The van der Waals surface area contributed by atoms with Gasteiger partial charge in [0.2, 0.25) is 5.91 Å². The number of nitrogens with zero attached hydrogens (tertiary/aromatic N) is 2. The predicted octanol–water partition coefficient (Wildman–Crippen LogP) is 4.43. The molecular weight excluding hydrogens is 362 g/mol. The van der Waals surface area contributed by atoms with Crippen LogP contribution in [0, 0.1) is 6.92 Å². The van der Waals surface area contributed by atoms with Gasteiger partial charge in [-0.2, -0.15) is 0 Å². The molecule has 0 unspecified atom stereocenters. The van der Waals surface area contributed by atoms with Gasteiger partial charge in [0.1, 0.15) is 0 Å². The molecule has 0 atom stereocenters. The van der Waals surface area contributed by atoms with Crippen molar-refractivity contribution in [3.05, 3.63) is 77.5 Å². The summed E-state index contributed by atoms with van der Waals surface area (Å²) < 4.78 is 0. The maximum atomic E-state index is 12.9. The second-order valence-corrected chi connectivity index (χ2v) is 7.24. The van der Waals surface area contributed by atoms with E-state index in [0.717, 1.165) is 48.0 Å². The summed E-state index contributed by atoms with van der Waals surface area (Å²) in [5.41, 5.74) is 3.70. The molecule has 1 aromatic heterocycles. The lowest BCUT2D eigenvalue weighted by atomic mass is 10.0. The maximum absolute atomic E-state index is 12.9. The van der Waals surface area contributed by atoms with Crippen LogP contribution in [0.4, 0.5) is 5.69 Å². The SMILES string of the molecule is Cc1cccc(NC(=O)C=Cc2cccc3cccnc23)c1C(=O)N1CCCC1. The van der Waals surface area contributed by atoms with Gasteiger partial charge in [0, 0.05) is 36.3 Å². The minimum absolute atomic E-state index is 0.0156. The van der Waals surface area contributed by atoms with Gasteiger partial charge >= 0.3 is 0 Å². The molecule has 0 saturated carbocycles. The normalized spacial score (nSPS) is 13.9. The number of aryl methyl sites for hydroxylation is 1. The van der Waals surface area contributed by atoms with E-state index in [2.05, 4.69) is 10.3 Å². The molecule has 2 aromatic carbocycles. The fourth-order valence-corrected chi connectivity index (χ4v) is 3.74. The van der Waals surface area contributed by atoms with Crippen molar-refractivity contribution in [1.29, 1.82) is 0 Å². The van der Waals surface area contributed by atoms with Gasteiger partial charge in [-0.15, -0.1) is 0 Å². The van der Waals surface area contributed by atoms with Crippen LogP contribution in [0.15, 0.2) is 60.8 Å². The Kier molecular flexibility index (Phi) is 5.38. The molecule has 0 bridgehead atoms. The van der Waals surface area contributed by atoms with Crippen molar-refractivity contribution in [3.63, 3.8) is 0 Å². The Balaban J connectivity index is 1.56. The Labute approximate surface area is 170 Å². The van der Waals surface area contributed by atoms with Gasteiger partial charge in [-0.25, -0.2) is 0 Å². The predicted molar refractivity (Wildman–Crippen MR) is 116 cm³/mol. The average Bonchev–Trinajstić information content (AvgIpc) is 3.27. The Morgan fingerprint density at radius 2 is 1.79 bits per heavy atom. The quantitative estimate of drug-likeness (QED) is 0.676. The molecule has 1 N–H and O–H groups in total. The molecule has 1 fully saturated rings. The molecule has 4 rings (SSSR count). The lowest BCUT2D eigenvalue weighted by Gasteiger charge is -2.19. The largest absolute Gasteiger partial charge is 0.339 e. The molecule has 5 heteroatoms. The number of likely N-dealkylation sites (tertiary alicyclic amines) is 1. The van der Waals surface area contributed by atoms with E-state index in [0.29, 0.717) is 11.3 Å². The molecule has 1 aliphatic rings. The van der Waals surface area contributed by atoms with Crippen molar-refractivity contribution in [2.45, 2.75) is 19.8 Å². The summed E-state index contributed by atoms with van der Waals surface area (Å²) in [5, 5.41) is 3.90. The monoisotopic (exact) mass is 385 g/mol. The smallest absolute Gasteiger partial charge is 0.256 e. The summed E-state index contributed by atoms with van der Waals surface area (Å²) in [4.78, 5) is 31.8. The Morgan fingerprint density at radius 1 is 1.03 bits per heavy atom. The molecular formula is C24H23N3O2. The van der Waals surface area contributed by atoms with E-state index in [-0.39, 0.29) is 11.8 Å². The minimum atomic E-state index is -0.279. The highest BCUT2D eigenvalue weighted by Crippen LogP contribution is 2.24. The molecule has 5 nitrogen and oxygen atoms in total. The zero-order valence-corrected chi connectivity index (χ0v) is 16.4. The van der Waals surface area contributed by atoms with Crippen LogP contribution in [-0.2, 0) is 4.79 Å². The molecule has 29 heavy (non-hydrogen) atoms. The zero-order valence-electron chi connectivity index (χ0n) is 16.4. The third kappa shape index (κ3) is 4.04. The molecule has 0 radical (unpaired) electrons. The number of para-hydroxylation sites is 1. The number of carbonyl (C=O) groups excluding carboxylic acids is 2. The summed E-state index contributed by atoms with van der Waals surface area (Å²) in [6, 6.07) is 15.3. The first-order chi connectivity index (χ1) is 14.1. The molecule has 2 amide bonds. The van der Waals surface area contributed by atoms with E-state index in [1.807, 2.05) is 54.3 Å². The van der Waals surface area contributed by atoms with Crippen molar-refractivity contribution in [3.8, 4) is 0 Å². The number of fused-ring (bicyclic) bond motifs is 1. The van der Waals surface area contributed by atoms with E-state index >= 15 is 0 Å². The maximum Gasteiger partial charge on any atom is 0.256 e. The second-order valence-electron chi connectivity index (χ2n) is 7.24. The molecule has 1 aliphatic heterocycles. The van der Waals surface area contributed by atoms with Gasteiger partial charge < -0.3 is 10.2 Å². The zero-order chi connectivity index (χ0) is 20.2. The lowest BCUT2D eigenvalue weighted by Crippen LogP contribution is -2.29. The summed E-state index contributed by atoms with van der Waals surface area (Å²) >= 11 is 0. The fraction of sp³-hybridized carbons (Fsp3) is 0.208. The summed E-state index contributed by atoms with van der Waals surface area (Å²) in [6.07, 6.45) is 7.03. The Hall–Kier alpha value is -3.47. The third-order valence-electron chi connectivity index (χ3n) is 5.22. The minimum Gasteiger partial charge on any atom is -0.339 e. The highest BCUT2D eigenvalue weighted by Gasteiger charge is 2.23. The summed E-state index contributed by atoms with van der Waals surface area (Å²) in [5.74, 6) is -0.294. The number of amides is 2. The van der Waals surface area contributed by atoms with Crippen LogP contribution in [0.1, 0.15) is 34.3 Å². The Morgan fingerprint density at radius 3 is 2.62 bits per heavy atom. The van der Waals surface area contributed by atoms with Gasteiger partial charge in [0.25, 0.3) is 5.91 Å². The first-order valence-corrected chi connectivity index (χ1v) is 9.85. The van der Waals surface area contributed by atoms with Crippen LogP contribution in [0.25, 0.3) is 17.0 Å². The highest BCUT2D eigenvalue weighted by molar-refractivity contribution is 6.08. The molecule has 2 heterocycles. The standard InChI is InChI=1S/C24H23N3O2/c1-17-7-4-11-20(22(17)24(29)27-15-2-3-16-27)26-21(28)13-12-19-9-5-8-18-10-6-14-25-23(18)19/h4-14H,2-3,15-16H2,1H3,(H,26,28). The topological polar surface area (TPSA) is 62.3 Å². The number of aromatic nitrogens is 1. The first-order valence-electron chi connectivity index (χ1n) is 9.85. The van der Waals surface area contributed by atoms with Crippen molar-refractivity contribution in [2.24, 2.45) is 0 Å². The van der Waals surface area contributed by atoms with Crippen LogP contribution in [0.5, 0.6) is 0 Å². The number of anilines is 1. The number of nitrogens with one attached hydrogen (secondary N) is 1. The van der Waals surface area contributed by atoms with Gasteiger partial charge in [0.15, 0.2) is 0 Å². The number of hydrogen-bond donors (Lipinski definition) is 1. The number of rotatable bonds is 4. The van der Waals surface area contributed by atoms with Gasteiger partial charge in [-0.1, -0.05) is 36.4 Å². The number of hydrogen-bond acceptors (Lipinski definition) is 3. The van der Waals surface area contributed by atoms with Crippen LogP contribution >= 0.6 is 0 Å². The van der Waals surface area contributed by atoms with E-state index < -0.39 is 0 Å². The Bertz CT molecular complexity index is 1090. The van der Waals surface area contributed by atoms with Crippen molar-refractivity contribution in [1.82, 2.24) is 9.88 Å². The molecule has 0 spiro atoms. The number of pyridine rings is 1. The highest BCUT2D eigenvalue weighted by atomic mass is 16.2. The van der Waals surface area contributed by atoms with Crippen LogP contribution in [0.3, 0.4) is 0 Å². The summed E-state index contributed by atoms with van der Waals surface area (Å²) in [7, 11) is 0. The van der Waals surface area contributed by atoms with Crippen molar-refractivity contribution < 1.29 is 9.59 Å². The fourth-order valence-electron chi connectivity index (χ4n) is 3.74. The van der Waals surface area contributed by atoms with Gasteiger partial charge in [0.05, 0.1) is 16.8 Å². The van der Waals surface area contributed by atoms with E-state index in [1.165, 1.54) is 6.08 Å². The van der Waals surface area contributed by atoms with Crippen molar-refractivity contribution >= 4 is 34.5 Å². The van der Waals surface area contributed by atoms with E-state index in [1.54, 1.807) is 18.3 Å². The van der Waals surface area contributed by atoms with Gasteiger partial charge in [-0.3, -0.25) is 14.6 Å². The average molecular weight is 385 g/mol. The van der Waals surface area contributed by atoms with Crippen LogP contribution < -0.4 is 5.32 Å².